The number of para-hydroxylation sites is 2. The average Bonchev–Trinajstić information content (AvgIpc) is 3.94. The maximum Gasteiger partial charge on any atom is 0.136 e. The van der Waals surface area contributed by atoms with Crippen LogP contribution in [0.1, 0.15) is 25.0 Å². The van der Waals surface area contributed by atoms with Crippen LogP contribution in [0.25, 0.3) is 88.4 Å². The molecule has 2 aromatic heterocycles. The Kier molecular flexibility index (Phi) is 7.58. The predicted molar refractivity (Wildman–Crippen MR) is 250 cm³/mol. The van der Waals surface area contributed by atoms with Gasteiger partial charge in [0.15, 0.2) is 0 Å². The van der Waals surface area contributed by atoms with Crippen molar-refractivity contribution in [1.82, 2.24) is 0 Å². The molecule has 3 nitrogen and oxygen atoms in total. The number of rotatable bonds is 6. The molecule has 1 aliphatic carbocycles. The summed E-state index contributed by atoms with van der Waals surface area (Å²) in [7, 11) is 0. The van der Waals surface area contributed by atoms with E-state index in [4.69, 9.17) is 8.83 Å². The van der Waals surface area contributed by atoms with Gasteiger partial charge in [-0.25, -0.2) is 0 Å². The van der Waals surface area contributed by atoms with Crippen molar-refractivity contribution in [1.29, 1.82) is 0 Å². The van der Waals surface area contributed by atoms with Crippen molar-refractivity contribution in [2.75, 3.05) is 4.90 Å². The van der Waals surface area contributed by atoms with E-state index in [0.717, 1.165) is 83.2 Å². The van der Waals surface area contributed by atoms with Gasteiger partial charge in [-0.3, -0.25) is 0 Å². The summed E-state index contributed by atoms with van der Waals surface area (Å²) >= 11 is 0. The summed E-state index contributed by atoms with van der Waals surface area (Å²) in [4.78, 5) is 2.45. The van der Waals surface area contributed by atoms with Gasteiger partial charge in [0.1, 0.15) is 22.3 Å². The van der Waals surface area contributed by atoms with E-state index in [1.165, 1.54) is 33.4 Å². The lowest BCUT2D eigenvalue weighted by atomic mass is 9.82. The summed E-state index contributed by atoms with van der Waals surface area (Å²) in [5.74, 6) is 0. The first-order chi connectivity index (χ1) is 29.5. The summed E-state index contributed by atoms with van der Waals surface area (Å²) < 4.78 is 13.0. The van der Waals surface area contributed by atoms with Crippen LogP contribution in [0.2, 0.25) is 0 Å². The second-order valence-corrected chi connectivity index (χ2v) is 16.5. The van der Waals surface area contributed by atoms with E-state index in [0.29, 0.717) is 0 Å². The van der Waals surface area contributed by atoms with Crippen molar-refractivity contribution in [2.24, 2.45) is 0 Å². The summed E-state index contributed by atoms with van der Waals surface area (Å²) in [5.41, 5.74) is 18.7. The quantitative estimate of drug-likeness (QED) is 0.169. The molecule has 3 heteroatoms. The third-order valence-corrected chi connectivity index (χ3v) is 12.7. The van der Waals surface area contributed by atoms with Crippen LogP contribution in [0.15, 0.2) is 209 Å². The topological polar surface area (TPSA) is 29.5 Å². The number of benzene rings is 9. The minimum Gasteiger partial charge on any atom is -0.456 e. The molecule has 0 atom stereocenters. The molecule has 284 valence electrons. The molecular weight excluding hydrogens is 731 g/mol. The minimum atomic E-state index is -0.168. The van der Waals surface area contributed by atoms with Gasteiger partial charge in [-0.15, -0.1) is 0 Å². The SMILES string of the molecule is CC1(C)c2ccccc2-c2ccc(N(c3cccc(-c4ccc5c(c4)oc4ccccc45)c3)c3ccc4oc5ccccc5c4c3-c3ccc(-c4ccccc4)cc3)cc21. The van der Waals surface area contributed by atoms with Crippen LogP contribution in [0.5, 0.6) is 0 Å². The highest BCUT2D eigenvalue weighted by Crippen LogP contribution is 2.53. The van der Waals surface area contributed by atoms with E-state index < -0.39 is 0 Å². The third-order valence-electron chi connectivity index (χ3n) is 12.7. The molecule has 0 amide bonds. The van der Waals surface area contributed by atoms with E-state index >= 15 is 0 Å². The largest absolute Gasteiger partial charge is 0.456 e. The Hall–Kier alpha value is -7.62. The van der Waals surface area contributed by atoms with Crippen molar-refractivity contribution in [3.63, 3.8) is 0 Å². The van der Waals surface area contributed by atoms with E-state index in [2.05, 4.69) is 201 Å². The number of fused-ring (bicyclic) bond motifs is 9. The number of anilines is 3. The lowest BCUT2D eigenvalue weighted by Gasteiger charge is -2.30. The van der Waals surface area contributed by atoms with Crippen LogP contribution in [-0.4, -0.2) is 0 Å². The molecule has 0 unspecified atom stereocenters. The molecule has 60 heavy (non-hydrogen) atoms. The molecule has 0 fully saturated rings. The maximum absolute atomic E-state index is 6.58. The first-order valence-corrected chi connectivity index (χ1v) is 20.7. The van der Waals surface area contributed by atoms with Gasteiger partial charge in [-0.2, -0.15) is 0 Å². The van der Waals surface area contributed by atoms with Gasteiger partial charge in [0.05, 0.1) is 5.69 Å². The van der Waals surface area contributed by atoms with Crippen LogP contribution in [0.3, 0.4) is 0 Å². The molecule has 9 aromatic carbocycles. The fourth-order valence-corrected chi connectivity index (χ4v) is 9.73. The Bertz CT molecular complexity index is 3460. The molecule has 0 saturated heterocycles. The fraction of sp³-hybridized carbons (Fsp3) is 0.0526. The molecule has 11 aromatic rings. The standard InChI is InChI=1S/C57H39NO2/c1-57(2)48-20-9-6-17-43(48)44-30-28-42(35-49(44)57)58(41-16-12-15-39(33-41)40-27-29-46-45-18-7-10-21-51(45)60-54(46)34-40)50-31-32-53-56(47-19-8-11-22-52(47)59-53)55(50)38-25-23-37(24-26-38)36-13-4-3-5-14-36/h3-35H,1-2H3. The highest BCUT2D eigenvalue weighted by Gasteiger charge is 2.36. The molecule has 0 N–H and O–H groups in total. The Morgan fingerprint density at radius 3 is 1.82 bits per heavy atom. The van der Waals surface area contributed by atoms with Crippen LogP contribution in [-0.2, 0) is 5.41 Å². The molecule has 0 saturated carbocycles. The third kappa shape index (κ3) is 5.29. The van der Waals surface area contributed by atoms with Crippen LogP contribution in [0, 0.1) is 0 Å². The summed E-state index contributed by atoms with van der Waals surface area (Å²) in [6.45, 7) is 4.70. The highest BCUT2D eigenvalue weighted by atomic mass is 16.3. The van der Waals surface area contributed by atoms with Crippen molar-refractivity contribution < 1.29 is 8.83 Å². The van der Waals surface area contributed by atoms with Gasteiger partial charge in [0, 0.05) is 43.9 Å². The van der Waals surface area contributed by atoms with Gasteiger partial charge in [0.25, 0.3) is 0 Å². The zero-order chi connectivity index (χ0) is 40.0. The Morgan fingerprint density at radius 2 is 0.967 bits per heavy atom. The van der Waals surface area contributed by atoms with E-state index in [9.17, 15) is 0 Å². The van der Waals surface area contributed by atoms with Crippen molar-refractivity contribution in [2.45, 2.75) is 19.3 Å². The van der Waals surface area contributed by atoms with Crippen molar-refractivity contribution >= 4 is 60.9 Å². The molecular formula is C57H39NO2. The highest BCUT2D eigenvalue weighted by molar-refractivity contribution is 6.16. The lowest BCUT2D eigenvalue weighted by molar-refractivity contribution is 0.660. The Labute approximate surface area is 348 Å². The molecule has 0 aliphatic heterocycles. The van der Waals surface area contributed by atoms with Gasteiger partial charge >= 0.3 is 0 Å². The maximum atomic E-state index is 6.58. The Morgan fingerprint density at radius 1 is 0.367 bits per heavy atom. The van der Waals surface area contributed by atoms with Gasteiger partial charge in [0.2, 0.25) is 0 Å². The van der Waals surface area contributed by atoms with Gasteiger partial charge in [-0.1, -0.05) is 153 Å². The fourth-order valence-electron chi connectivity index (χ4n) is 9.73. The smallest absolute Gasteiger partial charge is 0.136 e. The average molecular weight is 770 g/mol. The first kappa shape index (κ1) is 34.4. The molecule has 2 heterocycles. The summed E-state index contributed by atoms with van der Waals surface area (Å²) in [6, 6.07) is 72.0. The zero-order valence-electron chi connectivity index (χ0n) is 33.3. The van der Waals surface area contributed by atoms with Crippen molar-refractivity contribution in [3.8, 4) is 44.5 Å². The second-order valence-electron chi connectivity index (χ2n) is 16.5. The summed E-state index contributed by atoms with van der Waals surface area (Å²) in [5, 5.41) is 4.44. The van der Waals surface area contributed by atoms with Crippen LogP contribution >= 0.6 is 0 Å². The van der Waals surface area contributed by atoms with Crippen LogP contribution < -0.4 is 4.90 Å². The molecule has 0 spiro atoms. The monoisotopic (exact) mass is 769 g/mol. The summed E-state index contributed by atoms with van der Waals surface area (Å²) in [6.07, 6.45) is 0. The van der Waals surface area contributed by atoms with Crippen LogP contribution in [0.4, 0.5) is 17.1 Å². The van der Waals surface area contributed by atoms with Crippen molar-refractivity contribution in [3.05, 3.63) is 211 Å². The molecule has 0 bridgehead atoms. The van der Waals surface area contributed by atoms with E-state index in [1.54, 1.807) is 0 Å². The number of furan rings is 2. The van der Waals surface area contributed by atoms with E-state index in [1.807, 2.05) is 18.2 Å². The predicted octanol–water partition coefficient (Wildman–Crippen LogP) is 16.3. The Balaban J connectivity index is 1.10. The molecule has 1 aliphatic rings. The van der Waals surface area contributed by atoms with Gasteiger partial charge in [-0.05, 0) is 111 Å². The number of hydrogen-bond donors (Lipinski definition) is 0. The number of hydrogen-bond acceptors (Lipinski definition) is 3. The van der Waals surface area contributed by atoms with Gasteiger partial charge < -0.3 is 13.7 Å². The number of nitrogens with zero attached hydrogens (tertiary/aromatic N) is 1. The normalized spacial score (nSPS) is 13.0. The zero-order valence-corrected chi connectivity index (χ0v) is 33.3. The minimum absolute atomic E-state index is 0.168. The molecule has 0 radical (unpaired) electrons. The lowest BCUT2D eigenvalue weighted by Crippen LogP contribution is -2.17. The first-order valence-electron chi connectivity index (χ1n) is 20.7. The second kappa shape index (κ2) is 13.2. The molecule has 12 rings (SSSR count). The van der Waals surface area contributed by atoms with E-state index in [-0.39, 0.29) is 5.41 Å².